The number of carbonyl (C=O) groups is 3. The fourth-order valence-electron chi connectivity index (χ4n) is 9.26. The summed E-state index contributed by atoms with van der Waals surface area (Å²) in [6.45, 7) is 6.42. The van der Waals surface area contributed by atoms with Gasteiger partial charge in [0.05, 0.1) is 0 Å². The van der Waals surface area contributed by atoms with Gasteiger partial charge < -0.3 is 14.2 Å². The monoisotopic (exact) mass is 1110 g/mol. The molecule has 0 radical (unpaired) electrons. The molecule has 0 aliphatic rings. The number of ether oxygens (including phenoxy) is 3. The van der Waals surface area contributed by atoms with Crippen LogP contribution in [0.5, 0.6) is 0 Å². The number of esters is 3. The Labute approximate surface area is 494 Å². The van der Waals surface area contributed by atoms with E-state index in [1.54, 1.807) is 0 Å². The summed E-state index contributed by atoms with van der Waals surface area (Å²) in [6, 6.07) is 0. The smallest absolute Gasteiger partial charge is 0.306 e. The highest BCUT2D eigenvalue weighted by atomic mass is 16.6. The molecule has 0 aliphatic heterocycles. The van der Waals surface area contributed by atoms with Gasteiger partial charge in [-0.2, -0.15) is 0 Å². The van der Waals surface area contributed by atoms with Crippen LogP contribution >= 0.6 is 0 Å². The molecule has 0 aromatic carbocycles. The first-order valence-corrected chi connectivity index (χ1v) is 33.5. The van der Waals surface area contributed by atoms with Gasteiger partial charge in [-0.05, 0) is 109 Å². The van der Waals surface area contributed by atoms with Crippen molar-refractivity contribution in [3.63, 3.8) is 0 Å². The Morgan fingerprint density at radius 2 is 0.487 bits per heavy atom. The molecule has 0 bridgehead atoms. The van der Waals surface area contributed by atoms with Crippen LogP contribution in [0.1, 0.15) is 310 Å². The zero-order valence-electron chi connectivity index (χ0n) is 52.3. The number of carbonyl (C=O) groups excluding carboxylic acids is 3. The Balaban J connectivity index is 4.32. The minimum atomic E-state index is -0.786. The second-order valence-electron chi connectivity index (χ2n) is 22.0. The van der Waals surface area contributed by atoms with Crippen LogP contribution in [0.4, 0.5) is 0 Å². The maximum atomic E-state index is 12.9. The lowest BCUT2D eigenvalue weighted by Crippen LogP contribution is -2.30. The lowest BCUT2D eigenvalue weighted by atomic mass is 10.0. The standard InChI is InChI=1S/C74H124O6/c1-4-7-10-13-16-19-22-25-27-29-31-33-35-36-37-38-40-41-43-45-47-49-52-55-58-61-64-67-73(76)79-70-71(69-78-72(75)66-63-60-57-54-51-24-21-18-15-12-9-6-3)80-74(77)68-65-62-59-56-53-50-48-46-44-42-39-34-32-30-28-26-23-20-17-14-11-8-5-2/h7-8,10-11,16-17,19-20,25-28,31-34,36-37,40-41,71H,4-6,9,12-15,18,21-24,29-30,35,38-39,42-70H2,1-3H3/b10-7-,11-8-,19-16-,20-17-,27-25-,28-26-,33-31-,34-32-,37-36-,41-40-. The minimum Gasteiger partial charge on any atom is -0.462 e. The average Bonchev–Trinajstić information content (AvgIpc) is 3.46. The van der Waals surface area contributed by atoms with Gasteiger partial charge in [-0.15, -0.1) is 0 Å². The Morgan fingerprint density at radius 1 is 0.263 bits per heavy atom. The van der Waals surface area contributed by atoms with Gasteiger partial charge in [0.1, 0.15) is 13.2 Å². The van der Waals surface area contributed by atoms with Crippen LogP contribution in [0, 0.1) is 0 Å². The Bertz CT molecular complexity index is 1650. The van der Waals surface area contributed by atoms with E-state index in [2.05, 4.69) is 142 Å². The summed E-state index contributed by atoms with van der Waals surface area (Å²) in [4.78, 5) is 38.4. The highest BCUT2D eigenvalue weighted by Gasteiger charge is 2.19. The normalized spacial score (nSPS) is 12.9. The van der Waals surface area contributed by atoms with Gasteiger partial charge in [0.2, 0.25) is 0 Å². The number of hydrogen-bond donors (Lipinski definition) is 0. The van der Waals surface area contributed by atoms with Gasteiger partial charge in [-0.3, -0.25) is 14.4 Å². The second kappa shape index (κ2) is 67.3. The van der Waals surface area contributed by atoms with Crippen molar-refractivity contribution in [2.75, 3.05) is 13.2 Å². The SMILES string of the molecule is CC/C=C\C/C=C\C/C=C\C/C=C\C/C=C\C/C=C\CCCCCCCCCCC(=O)OCC(COC(=O)CCCCCCCCCCCCCC)OC(=O)CCCCCCCCCCCC/C=C\C/C=C\C/C=C\C/C=C\CC. The molecule has 0 rings (SSSR count). The molecule has 0 amide bonds. The van der Waals surface area contributed by atoms with Crippen LogP contribution in [0.15, 0.2) is 122 Å². The summed E-state index contributed by atoms with van der Waals surface area (Å²) >= 11 is 0. The third-order valence-corrected chi connectivity index (χ3v) is 14.2. The fourth-order valence-corrected chi connectivity index (χ4v) is 9.26. The van der Waals surface area contributed by atoms with Crippen LogP contribution in [0.25, 0.3) is 0 Å². The van der Waals surface area contributed by atoms with E-state index < -0.39 is 6.10 Å². The van der Waals surface area contributed by atoms with Crippen molar-refractivity contribution in [2.24, 2.45) is 0 Å². The van der Waals surface area contributed by atoms with Gasteiger partial charge in [0.15, 0.2) is 6.10 Å². The average molecular weight is 1110 g/mol. The Morgan fingerprint density at radius 3 is 0.762 bits per heavy atom. The highest BCUT2D eigenvalue weighted by Crippen LogP contribution is 2.16. The van der Waals surface area contributed by atoms with Gasteiger partial charge in [-0.1, -0.05) is 303 Å². The summed E-state index contributed by atoms with van der Waals surface area (Å²) in [5.41, 5.74) is 0. The zero-order chi connectivity index (χ0) is 57.8. The van der Waals surface area contributed by atoms with E-state index in [1.807, 2.05) is 0 Å². The first-order chi connectivity index (χ1) is 39.5. The fraction of sp³-hybridized carbons (Fsp3) is 0.689. The molecule has 0 aromatic heterocycles. The first kappa shape index (κ1) is 75.8. The molecule has 1 atom stereocenters. The van der Waals surface area contributed by atoms with Gasteiger partial charge >= 0.3 is 17.9 Å². The lowest BCUT2D eigenvalue weighted by Gasteiger charge is -2.18. The molecule has 0 aromatic rings. The van der Waals surface area contributed by atoms with Crippen LogP contribution < -0.4 is 0 Å². The number of rotatable bonds is 60. The van der Waals surface area contributed by atoms with Crippen molar-refractivity contribution >= 4 is 17.9 Å². The topological polar surface area (TPSA) is 78.9 Å². The highest BCUT2D eigenvalue weighted by molar-refractivity contribution is 5.71. The second-order valence-corrected chi connectivity index (χ2v) is 22.0. The number of hydrogen-bond acceptors (Lipinski definition) is 6. The molecule has 0 fully saturated rings. The molecular formula is C74H124O6. The van der Waals surface area contributed by atoms with Gasteiger partial charge in [0, 0.05) is 19.3 Å². The van der Waals surface area contributed by atoms with E-state index in [4.69, 9.17) is 14.2 Å². The Hall–Kier alpha value is -4.19. The van der Waals surface area contributed by atoms with Crippen molar-refractivity contribution < 1.29 is 28.6 Å². The maximum Gasteiger partial charge on any atom is 0.306 e. The third kappa shape index (κ3) is 64.6. The number of unbranched alkanes of at least 4 members (excludes halogenated alkanes) is 29. The number of allylic oxidation sites excluding steroid dienone is 20. The Kier molecular flexibility index (Phi) is 63.8. The molecule has 0 saturated heterocycles. The maximum absolute atomic E-state index is 12.9. The van der Waals surface area contributed by atoms with E-state index >= 15 is 0 Å². The summed E-state index contributed by atoms with van der Waals surface area (Å²) < 4.78 is 16.9. The van der Waals surface area contributed by atoms with E-state index in [0.717, 1.165) is 128 Å². The van der Waals surface area contributed by atoms with Crippen molar-refractivity contribution in [3.8, 4) is 0 Å². The van der Waals surface area contributed by atoms with E-state index in [1.165, 1.54) is 141 Å². The first-order valence-electron chi connectivity index (χ1n) is 33.5. The predicted molar refractivity (Wildman–Crippen MR) is 348 cm³/mol. The summed E-state index contributed by atoms with van der Waals surface area (Å²) in [6.07, 6.45) is 93.5. The molecule has 0 aliphatic carbocycles. The van der Waals surface area contributed by atoms with Crippen LogP contribution in [-0.2, 0) is 28.6 Å². The summed E-state index contributed by atoms with van der Waals surface area (Å²) in [5, 5.41) is 0. The molecule has 0 spiro atoms. The molecule has 80 heavy (non-hydrogen) atoms. The molecule has 0 saturated carbocycles. The quantitative estimate of drug-likeness (QED) is 0.0261. The summed E-state index contributed by atoms with van der Waals surface area (Å²) in [5.74, 6) is -0.886. The molecule has 6 nitrogen and oxygen atoms in total. The molecule has 0 heterocycles. The van der Waals surface area contributed by atoms with Gasteiger partial charge in [-0.25, -0.2) is 0 Å². The van der Waals surface area contributed by atoms with E-state index in [-0.39, 0.29) is 31.1 Å². The van der Waals surface area contributed by atoms with Crippen molar-refractivity contribution in [1.29, 1.82) is 0 Å². The lowest BCUT2D eigenvalue weighted by molar-refractivity contribution is -0.167. The zero-order valence-corrected chi connectivity index (χ0v) is 52.3. The van der Waals surface area contributed by atoms with Crippen molar-refractivity contribution in [3.05, 3.63) is 122 Å². The largest absolute Gasteiger partial charge is 0.462 e. The molecule has 456 valence electrons. The summed E-state index contributed by atoms with van der Waals surface area (Å²) in [7, 11) is 0. The van der Waals surface area contributed by atoms with Crippen molar-refractivity contribution in [1.82, 2.24) is 0 Å². The minimum absolute atomic E-state index is 0.0814. The molecule has 1 unspecified atom stereocenters. The van der Waals surface area contributed by atoms with E-state index in [0.29, 0.717) is 19.3 Å². The van der Waals surface area contributed by atoms with Gasteiger partial charge in [0.25, 0.3) is 0 Å². The van der Waals surface area contributed by atoms with Crippen LogP contribution in [-0.4, -0.2) is 37.2 Å². The predicted octanol–water partition coefficient (Wildman–Crippen LogP) is 23.2. The van der Waals surface area contributed by atoms with Crippen LogP contribution in [0.3, 0.4) is 0 Å². The third-order valence-electron chi connectivity index (χ3n) is 14.2. The molecular weight excluding hydrogens is 985 g/mol. The molecule has 0 N–H and O–H groups in total. The van der Waals surface area contributed by atoms with Crippen molar-refractivity contribution in [2.45, 2.75) is 316 Å². The molecule has 6 heteroatoms. The van der Waals surface area contributed by atoms with E-state index in [9.17, 15) is 14.4 Å². The van der Waals surface area contributed by atoms with Crippen LogP contribution in [0.2, 0.25) is 0 Å².